The van der Waals surface area contributed by atoms with Gasteiger partial charge in [0.15, 0.2) is 0 Å². The Balaban J connectivity index is 1.83. The van der Waals surface area contributed by atoms with Gasteiger partial charge in [0, 0.05) is 11.6 Å². The van der Waals surface area contributed by atoms with E-state index in [1.807, 2.05) is 0 Å². The summed E-state index contributed by atoms with van der Waals surface area (Å²) in [6.07, 6.45) is 4.00. The lowest BCUT2D eigenvalue weighted by Gasteiger charge is -2.41. The Morgan fingerprint density at radius 3 is 2.78 bits per heavy atom. The molecule has 1 N–H and O–H groups in total. The van der Waals surface area contributed by atoms with Crippen LogP contribution in [0.5, 0.6) is 0 Å². The average Bonchev–Trinajstić information content (AvgIpc) is 2.74. The summed E-state index contributed by atoms with van der Waals surface area (Å²) in [6, 6.07) is 7.29. The number of ether oxygens (including phenoxy) is 1. The number of nitrogens with one attached hydrogen (secondary N) is 1. The zero-order valence-electron chi connectivity index (χ0n) is 11.6. The van der Waals surface area contributed by atoms with E-state index < -0.39 is 0 Å². The van der Waals surface area contributed by atoms with Crippen LogP contribution in [-0.4, -0.2) is 18.2 Å². The molecular formula is C16H23NO. The fourth-order valence-corrected chi connectivity index (χ4v) is 3.33. The third-order valence-corrected chi connectivity index (χ3v) is 4.15. The first-order valence-corrected chi connectivity index (χ1v) is 7.06. The highest BCUT2D eigenvalue weighted by Crippen LogP contribution is 2.31. The largest absolute Gasteiger partial charge is 0.370 e. The van der Waals surface area contributed by atoms with Gasteiger partial charge in [-0.1, -0.05) is 18.2 Å². The Labute approximate surface area is 110 Å². The van der Waals surface area contributed by atoms with Crippen molar-refractivity contribution >= 4 is 0 Å². The van der Waals surface area contributed by atoms with E-state index in [1.54, 1.807) is 0 Å². The van der Waals surface area contributed by atoms with E-state index in [1.165, 1.54) is 36.0 Å². The molecule has 0 spiro atoms. The average molecular weight is 245 g/mol. The number of morpholine rings is 1. The highest BCUT2D eigenvalue weighted by Gasteiger charge is 2.33. The first-order valence-electron chi connectivity index (χ1n) is 7.06. The lowest BCUT2D eigenvalue weighted by atomic mass is 9.94. The van der Waals surface area contributed by atoms with E-state index in [9.17, 15) is 0 Å². The summed E-state index contributed by atoms with van der Waals surface area (Å²) in [4.78, 5) is 0. The van der Waals surface area contributed by atoms with Crippen molar-refractivity contribution in [2.75, 3.05) is 6.61 Å². The van der Waals surface area contributed by atoms with Crippen LogP contribution in [-0.2, 0) is 17.6 Å². The third kappa shape index (κ3) is 2.19. The molecule has 1 heterocycles. The third-order valence-electron chi connectivity index (χ3n) is 4.15. The van der Waals surface area contributed by atoms with Crippen molar-refractivity contribution < 1.29 is 4.74 Å². The van der Waals surface area contributed by atoms with E-state index in [0.717, 1.165) is 6.61 Å². The summed E-state index contributed by atoms with van der Waals surface area (Å²) in [6.45, 7) is 7.39. The number of benzene rings is 1. The molecule has 1 aromatic rings. The molecule has 3 rings (SSSR count). The van der Waals surface area contributed by atoms with Crippen molar-refractivity contribution in [3.8, 4) is 0 Å². The van der Waals surface area contributed by atoms with Gasteiger partial charge in [-0.05, 0) is 56.7 Å². The van der Waals surface area contributed by atoms with E-state index >= 15 is 0 Å². The number of rotatable bonds is 1. The molecule has 1 aliphatic carbocycles. The molecule has 1 saturated heterocycles. The van der Waals surface area contributed by atoms with Gasteiger partial charge in [-0.3, -0.25) is 0 Å². The SMILES string of the molecule is CC1NC(C)(C)COC1c1ccc2c(c1)CCC2. The van der Waals surface area contributed by atoms with Crippen LogP contribution in [0.4, 0.5) is 0 Å². The molecule has 2 aliphatic rings. The second-order valence-corrected chi connectivity index (χ2v) is 6.43. The van der Waals surface area contributed by atoms with E-state index in [4.69, 9.17) is 4.74 Å². The summed E-state index contributed by atoms with van der Waals surface area (Å²) in [5.41, 5.74) is 4.50. The topological polar surface area (TPSA) is 21.3 Å². The van der Waals surface area contributed by atoms with Crippen molar-refractivity contribution in [2.24, 2.45) is 0 Å². The second kappa shape index (κ2) is 4.36. The first kappa shape index (κ1) is 12.2. The zero-order chi connectivity index (χ0) is 12.8. The van der Waals surface area contributed by atoms with Crippen LogP contribution in [0.3, 0.4) is 0 Å². The van der Waals surface area contributed by atoms with Crippen LogP contribution in [0.2, 0.25) is 0 Å². The molecule has 2 unspecified atom stereocenters. The number of hydrogen-bond donors (Lipinski definition) is 1. The summed E-state index contributed by atoms with van der Waals surface area (Å²) >= 11 is 0. The van der Waals surface area contributed by atoms with Crippen LogP contribution in [0.1, 0.15) is 50.0 Å². The van der Waals surface area contributed by atoms with Crippen molar-refractivity contribution in [1.29, 1.82) is 0 Å². The maximum Gasteiger partial charge on any atom is 0.0976 e. The normalized spacial score (nSPS) is 30.2. The van der Waals surface area contributed by atoms with Crippen LogP contribution in [0.15, 0.2) is 18.2 Å². The van der Waals surface area contributed by atoms with Crippen LogP contribution in [0, 0.1) is 0 Å². The minimum Gasteiger partial charge on any atom is -0.370 e. The lowest BCUT2D eigenvalue weighted by Crippen LogP contribution is -2.55. The molecule has 0 radical (unpaired) electrons. The molecule has 18 heavy (non-hydrogen) atoms. The van der Waals surface area contributed by atoms with E-state index in [2.05, 4.69) is 44.3 Å². The fraction of sp³-hybridized carbons (Fsp3) is 0.625. The Morgan fingerprint density at radius 2 is 2.00 bits per heavy atom. The Hall–Kier alpha value is -0.860. The molecule has 0 bridgehead atoms. The van der Waals surface area contributed by atoms with Crippen molar-refractivity contribution in [3.63, 3.8) is 0 Å². The summed E-state index contributed by atoms with van der Waals surface area (Å²) < 4.78 is 6.09. The van der Waals surface area contributed by atoms with Crippen LogP contribution < -0.4 is 5.32 Å². The Bertz CT molecular complexity index is 452. The highest BCUT2D eigenvalue weighted by atomic mass is 16.5. The van der Waals surface area contributed by atoms with Gasteiger partial charge in [-0.25, -0.2) is 0 Å². The molecule has 2 heteroatoms. The quantitative estimate of drug-likeness (QED) is 0.821. The summed E-state index contributed by atoms with van der Waals surface area (Å²) in [5, 5.41) is 3.65. The molecule has 2 nitrogen and oxygen atoms in total. The molecule has 0 amide bonds. The van der Waals surface area contributed by atoms with Gasteiger partial charge < -0.3 is 10.1 Å². The minimum absolute atomic E-state index is 0.0899. The van der Waals surface area contributed by atoms with Gasteiger partial charge in [0.05, 0.1) is 12.7 Å². The Morgan fingerprint density at radius 1 is 1.22 bits per heavy atom. The standard InChI is InChI=1S/C16H23NO/c1-11-15(18-10-16(2,3)17-11)14-8-7-12-5-4-6-13(12)9-14/h7-9,11,15,17H,4-6,10H2,1-3H3. The number of fused-ring (bicyclic) bond motifs is 1. The smallest absolute Gasteiger partial charge is 0.0976 e. The molecule has 2 atom stereocenters. The van der Waals surface area contributed by atoms with Crippen LogP contribution >= 0.6 is 0 Å². The van der Waals surface area contributed by atoms with Gasteiger partial charge in [0.1, 0.15) is 0 Å². The second-order valence-electron chi connectivity index (χ2n) is 6.43. The van der Waals surface area contributed by atoms with Crippen molar-refractivity contribution in [2.45, 2.75) is 57.7 Å². The molecule has 1 aliphatic heterocycles. The van der Waals surface area contributed by atoms with Crippen molar-refractivity contribution in [3.05, 3.63) is 34.9 Å². The maximum absolute atomic E-state index is 6.09. The Kier molecular flexibility index (Phi) is 2.95. The molecule has 0 aromatic heterocycles. The van der Waals surface area contributed by atoms with E-state index in [0.29, 0.717) is 6.04 Å². The van der Waals surface area contributed by atoms with Gasteiger partial charge in [-0.2, -0.15) is 0 Å². The van der Waals surface area contributed by atoms with Gasteiger partial charge >= 0.3 is 0 Å². The van der Waals surface area contributed by atoms with Crippen molar-refractivity contribution in [1.82, 2.24) is 5.32 Å². The highest BCUT2D eigenvalue weighted by molar-refractivity contribution is 5.36. The fourth-order valence-electron chi connectivity index (χ4n) is 3.33. The predicted molar refractivity (Wildman–Crippen MR) is 73.8 cm³/mol. The zero-order valence-corrected chi connectivity index (χ0v) is 11.6. The monoisotopic (exact) mass is 245 g/mol. The van der Waals surface area contributed by atoms with Gasteiger partial charge in [-0.15, -0.1) is 0 Å². The first-order chi connectivity index (χ1) is 8.55. The molecule has 98 valence electrons. The molecular weight excluding hydrogens is 222 g/mol. The molecule has 0 saturated carbocycles. The summed E-state index contributed by atoms with van der Waals surface area (Å²) in [5.74, 6) is 0. The van der Waals surface area contributed by atoms with Crippen LogP contribution in [0.25, 0.3) is 0 Å². The van der Waals surface area contributed by atoms with Gasteiger partial charge in [0.2, 0.25) is 0 Å². The van der Waals surface area contributed by atoms with Gasteiger partial charge in [0.25, 0.3) is 0 Å². The number of hydrogen-bond acceptors (Lipinski definition) is 2. The molecule has 1 aromatic carbocycles. The van der Waals surface area contributed by atoms with E-state index in [-0.39, 0.29) is 11.6 Å². The maximum atomic E-state index is 6.09. The predicted octanol–water partition coefficient (Wildman–Crippen LogP) is 3.00. The minimum atomic E-state index is 0.0899. The number of aryl methyl sites for hydroxylation is 2. The lowest BCUT2D eigenvalue weighted by molar-refractivity contribution is -0.0495. The summed E-state index contributed by atoms with van der Waals surface area (Å²) in [7, 11) is 0. The molecule has 1 fully saturated rings.